The second kappa shape index (κ2) is 4.96. The number of benzene rings is 1. The summed E-state index contributed by atoms with van der Waals surface area (Å²) in [6.45, 7) is 3.85. The number of carbonyl (C=O) groups is 1. The molecule has 0 fully saturated rings. The maximum atomic E-state index is 12.6. The van der Waals surface area contributed by atoms with E-state index in [9.17, 15) is 9.18 Å². The van der Waals surface area contributed by atoms with E-state index in [2.05, 4.69) is 10.3 Å². The molecule has 4 heteroatoms. The molecule has 1 heterocycles. The molecule has 0 spiro atoms. The lowest BCUT2D eigenvalue weighted by Crippen LogP contribution is -2.14. The first-order valence-electron chi connectivity index (χ1n) is 5.57. The van der Waals surface area contributed by atoms with Gasteiger partial charge in [0.25, 0.3) is 5.91 Å². The maximum absolute atomic E-state index is 12.6. The summed E-state index contributed by atoms with van der Waals surface area (Å²) >= 11 is 0. The number of amides is 1. The zero-order chi connectivity index (χ0) is 13.1. The second-order valence-corrected chi connectivity index (χ2v) is 4.07. The minimum Gasteiger partial charge on any atom is -0.321 e. The molecule has 1 N–H and O–H groups in total. The van der Waals surface area contributed by atoms with Crippen LogP contribution in [0.2, 0.25) is 0 Å². The van der Waals surface area contributed by atoms with E-state index >= 15 is 0 Å². The van der Waals surface area contributed by atoms with Crippen LogP contribution in [0, 0.1) is 19.8 Å². The van der Waals surface area contributed by atoms with Gasteiger partial charge in [-0.2, -0.15) is 4.39 Å². The largest absolute Gasteiger partial charge is 0.321 e. The lowest BCUT2D eigenvalue weighted by atomic mass is 10.0. The van der Waals surface area contributed by atoms with Crippen LogP contribution in [0.1, 0.15) is 21.5 Å². The molecule has 1 aromatic heterocycles. The Morgan fingerprint density at radius 3 is 2.67 bits per heavy atom. The van der Waals surface area contributed by atoms with Crippen molar-refractivity contribution >= 4 is 11.6 Å². The van der Waals surface area contributed by atoms with Gasteiger partial charge < -0.3 is 5.32 Å². The number of pyridine rings is 1. The summed E-state index contributed by atoms with van der Waals surface area (Å²) in [6.07, 6.45) is 1.29. The zero-order valence-electron chi connectivity index (χ0n) is 10.2. The van der Waals surface area contributed by atoms with Gasteiger partial charge in [0.1, 0.15) is 0 Å². The summed E-state index contributed by atoms with van der Waals surface area (Å²) in [4.78, 5) is 15.5. The predicted octanol–water partition coefficient (Wildman–Crippen LogP) is 3.09. The molecule has 0 aliphatic heterocycles. The van der Waals surface area contributed by atoms with Crippen LogP contribution >= 0.6 is 0 Å². The molecule has 0 saturated heterocycles. The first-order chi connectivity index (χ1) is 8.58. The number of hydrogen-bond donors (Lipinski definition) is 1. The van der Waals surface area contributed by atoms with Crippen LogP contribution in [0.25, 0.3) is 0 Å². The number of nitrogens with one attached hydrogen (secondary N) is 1. The predicted molar refractivity (Wildman–Crippen MR) is 68.1 cm³/mol. The van der Waals surface area contributed by atoms with Gasteiger partial charge in [-0.05, 0) is 43.2 Å². The highest BCUT2D eigenvalue weighted by atomic mass is 19.1. The third-order valence-electron chi connectivity index (χ3n) is 2.83. The molecule has 1 amide bonds. The second-order valence-electron chi connectivity index (χ2n) is 4.07. The summed E-state index contributed by atoms with van der Waals surface area (Å²) in [7, 11) is 0. The molecule has 0 unspecified atom stereocenters. The molecule has 3 nitrogen and oxygen atoms in total. The van der Waals surface area contributed by atoms with Gasteiger partial charge in [-0.15, -0.1) is 0 Å². The number of hydrogen-bond acceptors (Lipinski definition) is 2. The Morgan fingerprint density at radius 1 is 1.22 bits per heavy atom. The number of rotatable bonds is 2. The highest BCUT2D eigenvalue weighted by molar-refractivity contribution is 6.05. The Bertz CT molecular complexity index is 579. The Kier molecular flexibility index (Phi) is 3.37. The van der Waals surface area contributed by atoms with Gasteiger partial charge in [0.2, 0.25) is 5.95 Å². The van der Waals surface area contributed by atoms with Crippen molar-refractivity contribution in [2.24, 2.45) is 0 Å². The molecule has 2 rings (SSSR count). The number of nitrogens with zero attached hydrogens (tertiary/aromatic N) is 1. The third-order valence-corrected chi connectivity index (χ3v) is 2.83. The lowest BCUT2D eigenvalue weighted by molar-refractivity contribution is 0.102. The van der Waals surface area contributed by atoms with Gasteiger partial charge in [0.15, 0.2) is 0 Å². The van der Waals surface area contributed by atoms with Gasteiger partial charge in [-0.25, -0.2) is 4.98 Å². The Hall–Kier alpha value is -2.23. The quantitative estimate of drug-likeness (QED) is 0.825. The molecular weight excluding hydrogens is 231 g/mol. The normalized spacial score (nSPS) is 10.2. The Morgan fingerprint density at radius 2 is 2.00 bits per heavy atom. The average molecular weight is 244 g/mol. The highest BCUT2D eigenvalue weighted by Gasteiger charge is 2.10. The van der Waals surface area contributed by atoms with Crippen LogP contribution < -0.4 is 5.32 Å². The van der Waals surface area contributed by atoms with E-state index in [1.807, 2.05) is 26.0 Å². The van der Waals surface area contributed by atoms with E-state index in [0.717, 1.165) is 11.1 Å². The average Bonchev–Trinajstić information content (AvgIpc) is 2.35. The highest BCUT2D eigenvalue weighted by Crippen LogP contribution is 2.15. The van der Waals surface area contributed by atoms with Crippen LogP contribution in [0.15, 0.2) is 36.5 Å². The van der Waals surface area contributed by atoms with Crippen molar-refractivity contribution < 1.29 is 9.18 Å². The molecule has 0 aliphatic carbocycles. The summed E-state index contributed by atoms with van der Waals surface area (Å²) in [5.41, 5.74) is 3.08. The first-order valence-corrected chi connectivity index (χ1v) is 5.57. The van der Waals surface area contributed by atoms with E-state index in [1.54, 1.807) is 6.07 Å². The fraction of sp³-hybridized carbons (Fsp3) is 0.143. The van der Waals surface area contributed by atoms with Crippen molar-refractivity contribution in [2.75, 3.05) is 5.32 Å². The van der Waals surface area contributed by atoms with E-state index in [4.69, 9.17) is 0 Å². The Balaban J connectivity index is 2.22. The molecule has 18 heavy (non-hydrogen) atoms. The fourth-order valence-corrected chi connectivity index (χ4v) is 1.65. The van der Waals surface area contributed by atoms with Gasteiger partial charge >= 0.3 is 0 Å². The lowest BCUT2D eigenvalue weighted by Gasteiger charge is -2.09. The molecule has 2 aromatic rings. The van der Waals surface area contributed by atoms with Crippen molar-refractivity contribution in [1.29, 1.82) is 0 Å². The molecule has 0 bridgehead atoms. The SMILES string of the molecule is Cc1cccc(C(=O)Nc2ccc(F)nc2)c1C. The van der Waals surface area contributed by atoms with Gasteiger partial charge in [-0.1, -0.05) is 12.1 Å². The van der Waals surface area contributed by atoms with Crippen molar-refractivity contribution in [3.63, 3.8) is 0 Å². The van der Waals surface area contributed by atoms with Crippen molar-refractivity contribution in [1.82, 2.24) is 4.98 Å². The smallest absolute Gasteiger partial charge is 0.255 e. The van der Waals surface area contributed by atoms with E-state index in [1.165, 1.54) is 18.3 Å². The van der Waals surface area contributed by atoms with Crippen LogP contribution in [-0.4, -0.2) is 10.9 Å². The van der Waals surface area contributed by atoms with E-state index in [0.29, 0.717) is 11.3 Å². The topological polar surface area (TPSA) is 42.0 Å². The minimum atomic E-state index is -0.570. The number of halogens is 1. The van der Waals surface area contributed by atoms with Crippen LogP contribution in [0.4, 0.5) is 10.1 Å². The third kappa shape index (κ3) is 2.53. The number of anilines is 1. The number of aromatic nitrogens is 1. The molecule has 1 aromatic carbocycles. The molecule has 0 radical (unpaired) electrons. The monoisotopic (exact) mass is 244 g/mol. The summed E-state index contributed by atoms with van der Waals surface area (Å²) in [5.74, 6) is -0.788. The molecule has 0 atom stereocenters. The number of carbonyl (C=O) groups excluding carboxylic acids is 1. The summed E-state index contributed by atoms with van der Waals surface area (Å²) in [6, 6.07) is 8.23. The standard InChI is InChI=1S/C14H13FN2O/c1-9-4-3-5-12(10(9)2)14(18)17-11-6-7-13(15)16-8-11/h3-8H,1-2H3,(H,17,18). The molecule has 0 aliphatic rings. The zero-order valence-corrected chi connectivity index (χ0v) is 10.2. The van der Waals surface area contributed by atoms with Crippen molar-refractivity contribution in [3.05, 3.63) is 59.2 Å². The molecule has 92 valence electrons. The van der Waals surface area contributed by atoms with Crippen molar-refractivity contribution in [2.45, 2.75) is 13.8 Å². The van der Waals surface area contributed by atoms with Gasteiger partial charge in [-0.3, -0.25) is 4.79 Å². The Labute approximate surface area is 105 Å². The fourth-order valence-electron chi connectivity index (χ4n) is 1.65. The van der Waals surface area contributed by atoms with E-state index in [-0.39, 0.29) is 5.91 Å². The summed E-state index contributed by atoms with van der Waals surface area (Å²) in [5, 5.41) is 2.69. The molecule has 0 saturated carbocycles. The number of aryl methyl sites for hydroxylation is 1. The van der Waals surface area contributed by atoms with Crippen molar-refractivity contribution in [3.8, 4) is 0 Å². The van der Waals surface area contributed by atoms with Gasteiger partial charge in [0, 0.05) is 5.56 Å². The summed E-state index contributed by atoms with van der Waals surface area (Å²) < 4.78 is 12.6. The van der Waals surface area contributed by atoms with Crippen LogP contribution in [-0.2, 0) is 0 Å². The van der Waals surface area contributed by atoms with Gasteiger partial charge in [0.05, 0.1) is 11.9 Å². The van der Waals surface area contributed by atoms with E-state index < -0.39 is 5.95 Å². The first kappa shape index (κ1) is 12.2. The maximum Gasteiger partial charge on any atom is 0.255 e. The van der Waals surface area contributed by atoms with Crippen LogP contribution in [0.5, 0.6) is 0 Å². The minimum absolute atomic E-state index is 0.218. The van der Waals surface area contributed by atoms with Crippen LogP contribution in [0.3, 0.4) is 0 Å². The molecular formula is C14H13FN2O.